The normalized spacial score (nSPS) is 13.8. The largest absolute Gasteiger partial charge is 0.285 e. The Bertz CT molecular complexity index is 379. The number of halogens is 2. The summed E-state index contributed by atoms with van der Waals surface area (Å²) in [6, 6.07) is 5.22. The Balaban J connectivity index is 2.73. The maximum absolute atomic E-state index is 11.7. The van der Waals surface area contributed by atoms with Crippen LogP contribution in [-0.4, -0.2) is 8.96 Å². The summed E-state index contributed by atoms with van der Waals surface area (Å²) in [7, 11) is 0. The van der Waals surface area contributed by atoms with E-state index in [0.29, 0.717) is 15.6 Å². The lowest BCUT2D eigenvalue weighted by Crippen LogP contribution is -2.23. The van der Waals surface area contributed by atoms with Gasteiger partial charge >= 0.3 is 0 Å². The van der Waals surface area contributed by atoms with Gasteiger partial charge in [0.1, 0.15) is 0 Å². The lowest BCUT2D eigenvalue weighted by molar-refractivity contribution is 0.326. The summed E-state index contributed by atoms with van der Waals surface area (Å²) in [6.45, 7) is 5.69. The van der Waals surface area contributed by atoms with Gasteiger partial charge in [0.2, 0.25) is 0 Å². The Morgan fingerprint density at radius 3 is 2.19 bits per heavy atom. The topological polar surface area (TPSA) is 26.3 Å². The van der Waals surface area contributed by atoms with Crippen molar-refractivity contribution >= 4 is 34.3 Å². The van der Waals surface area contributed by atoms with Crippen LogP contribution in [0, 0.1) is 0 Å². The standard InChI is InChI=1S/C11H14Cl2O2S/c1-11(2,3)16(14)15-7-8-9(12)5-4-6-10(8)13/h4-6H,7H2,1-3H3. The molecule has 0 aromatic heterocycles. The number of rotatable bonds is 3. The fourth-order valence-corrected chi connectivity index (χ4v) is 2.04. The van der Waals surface area contributed by atoms with Crippen molar-refractivity contribution in [2.75, 3.05) is 0 Å². The number of benzene rings is 1. The molecule has 1 aromatic carbocycles. The highest BCUT2D eigenvalue weighted by atomic mass is 35.5. The van der Waals surface area contributed by atoms with Crippen molar-refractivity contribution < 1.29 is 8.39 Å². The van der Waals surface area contributed by atoms with Gasteiger partial charge < -0.3 is 0 Å². The summed E-state index contributed by atoms with van der Waals surface area (Å²) in [6.07, 6.45) is 0. The minimum atomic E-state index is -1.37. The van der Waals surface area contributed by atoms with Crippen LogP contribution < -0.4 is 0 Å². The molecule has 16 heavy (non-hydrogen) atoms. The molecule has 0 saturated heterocycles. The fraction of sp³-hybridized carbons (Fsp3) is 0.455. The second-order valence-corrected chi connectivity index (χ2v) is 7.05. The molecule has 0 fully saturated rings. The number of hydrogen-bond donors (Lipinski definition) is 0. The quantitative estimate of drug-likeness (QED) is 0.838. The van der Waals surface area contributed by atoms with E-state index in [-0.39, 0.29) is 6.61 Å². The Labute approximate surface area is 109 Å². The third-order valence-electron chi connectivity index (χ3n) is 1.87. The van der Waals surface area contributed by atoms with E-state index in [1.807, 2.05) is 20.8 Å². The molecule has 0 heterocycles. The Morgan fingerprint density at radius 2 is 1.75 bits per heavy atom. The van der Waals surface area contributed by atoms with Gasteiger partial charge in [-0.2, -0.15) is 0 Å². The summed E-state index contributed by atoms with van der Waals surface area (Å²) >= 11 is 10.6. The zero-order valence-corrected chi connectivity index (χ0v) is 11.7. The SMILES string of the molecule is CC(C)(C)S(=O)OCc1c(Cl)cccc1Cl. The van der Waals surface area contributed by atoms with Crippen LogP contribution in [0.1, 0.15) is 26.3 Å². The molecule has 0 aliphatic rings. The molecule has 90 valence electrons. The highest BCUT2D eigenvalue weighted by molar-refractivity contribution is 7.81. The van der Waals surface area contributed by atoms with E-state index in [1.165, 1.54) is 0 Å². The van der Waals surface area contributed by atoms with Gasteiger partial charge in [-0.25, -0.2) is 4.21 Å². The Kier molecular flexibility index (Phi) is 4.80. The van der Waals surface area contributed by atoms with Crippen molar-refractivity contribution in [1.82, 2.24) is 0 Å². The molecule has 1 atom stereocenters. The summed E-state index contributed by atoms with van der Waals surface area (Å²) in [5.41, 5.74) is 0.670. The molecule has 0 aliphatic carbocycles. The monoisotopic (exact) mass is 280 g/mol. The highest BCUT2D eigenvalue weighted by Gasteiger charge is 2.21. The first-order valence-corrected chi connectivity index (χ1v) is 6.63. The molecule has 0 bridgehead atoms. The van der Waals surface area contributed by atoms with Crippen LogP contribution >= 0.6 is 23.2 Å². The van der Waals surface area contributed by atoms with Crippen molar-refractivity contribution in [1.29, 1.82) is 0 Å². The van der Waals surface area contributed by atoms with Crippen LogP contribution in [0.15, 0.2) is 18.2 Å². The number of hydrogen-bond acceptors (Lipinski definition) is 2. The summed E-state index contributed by atoms with van der Waals surface area (Å²) in [5, 5.41) is 1.05. The first kappa shape index (κ1) is 14.0. The predicted molar refractivity (Wildman–Crippen MR) is 69.1 cm³/mol. The highest BCUT2D eigenvalue weighted by Crippen LogP contribution is 2.26. The Hall–Kier alpha value is -0.0900. The van der Waals surface area contributed by atoms with Crippen LogP contribution in [0.25, 0.3) is 0 Å². The molecule has 5 heteroatoms. The molecule has 0 saturated carbocycles. The van der Waals surface area contributed by atoms with Crippen LogP contribution in [0.5, 0.6) is 0 Å². The first-order valence-electron chi connectivity index (χ1n) is 4.80. The molecule has 0 N–H and O–H groups in total. The van der Waals surface area contributed by atoms with Crippen LogP contribution in [-0.2, 0) is 21.9 Å². The maximum atomic E-state index is 11.7. The van der Waals surface area contributed by atoms with Gasteiger partial charge in [-0.3, -0.25) is 4.18 Å². The van der Waals surface area contributed by atoms with Crippen molar-refractivity contribution in [2.24, 2.45) is 0 Å². The third kappa shape index (κ3) is 3.74. The van der Waals surface area contributed by atoms with Gasteiger partial charge in [-0.15, -0.1) is 0 Å². The molecule has 2 nitrogen and oxygen atoms in total. The molecule has 0 spiro atoms. The lowest BCUT2D eigenvalue weighted by Gasteiger charge is -2.17. The molecule has 1 unspecified atom stereocenters. The molecule has 1 aromatic rings. The fourth-order valence-electron chi connectivity index (χ4n) is 0.959. The molecular weight excluding hydrogens is 267 g/mol. The second kappa shape index (κ2) is 5.50. The van der Waals surface area contributed by atoms with E-state index in [0.717, 1.165) is 0 Å². The third-order valence-corrected chi connectivity index (χ3v) is 3.91. The van der Waals surface area contributed by atoms with E-state index in [1.54, 1.807) is 18.2 Å². The van der Waals surface area contributed by atoms with Gasteiger partial charge in [0.25, 0.3) is 0 Å². The van der Waals surface area contributed by atoms with Crippen LogP contribution in [0.2, 0.25) is 10.0 Å². The molecule has 0 amide bonds. The van der Waals surface area contributed by atoms with E-state index in [4.69, 9.17) is 27.4 Å². The van der Waals surface area contributed by atoms with Gasteiger partial charge in [0.05, 0.1) is 11.4 Å². The maximum Gasteiger partial charge on any atom is 0.161 e. The van der Waals surface area contributed by atoms with Gasteiger partial charge in [-0.1, -0.05) is 29.3 Å². The predicted octanol–water partition coefficient (Wildman–Crippen LogP) is 3.97. The van der Waals surface area contributed by atoms with E-state index in [9.17, 15) is 4.21 Å². The van der Waals surface area contributed by atoms with Gasteiger partial charge in [0, 0.05) is 15.6 Å². The van der Waals surface area contributed by atoms with Crippen molar-refractivity contribution in [3.63, 3.8) is 0 Å². The molecular formula is C11H14Cl2O2S. The zero-order valence-electron chi connectivity index (χ0n) is 9.42. The van der Waals surface area contributed by atoms with E-state index < -0.39 is 15.8 Å². The molecule has 0 radical (unpaired) electrons. The van der Waals surface area contributed by atoms with Crippen molar-refractivity contribution in [3.05, 3.63) is 33.8 Å². The minimum absolute atomic E-state index is 0.155. The summed E-state index contributed by atoms with van der Waals surface area (Å²) in [4.78, 5) is 0. The van der Waals surface area contributed by atoms with Crippen LogP contribution in [0.4, 0.5) is 0 Å². The van der Waals surface area contributed by atoms with Crippen molar-refractivity contribution in [2.45, 2.75) is 32.1 Å². The smallest absolute Gasteiger partial charge is 0.161 e. The Morgan fingerprint density at radius 1 is 1.25 bits per heavy atom. The minimum Gasteiger partial charge on any atom is -0.285 e. The molecule has 1 rings (SSSR count). The zero-order chi connectivity index (χ0) is 12.3. The van der Waals surface area contributed by atoms with Gasteiger partial charge in [0.15, 0.2) is 11.1 Å². The van der Waals surface area contributed by atoms with Crippen LogP contribution in [0.3, 0.4) is 0 Å². The van der Waals surface area contributed by atoms with E-state index >= 15 is 0 Å². The summed E-state index contributed by atoms with van der Waals surface area (Å²) in [5.74, 6) is 0. The van der Waals surface area contributed by atoms with Crippen molar-refractivity contribution in [3.8, 4) is 0 Å². The summed E-state index contributed by atoms with van der Waals surface area (Å²) < 4.78 is 16.5. The average Bonchev–Trinajstić information content (AvgIpc) is 2.15. The first-order chi connectivity index (χ1) is 7.32. The van der Waals surface area contributed by atoms with E-state index in [2.05, 4.69) is 0 Å². The van der Waals surface area contributed by atoms with Gasteiger partial charge in [-0.05, 0) is 32.9 Å². The molecule has 0 aliphatic heterocycles. The average molecular weight is 281 g/mol. The second-order valence-electron chi connectivity index (χ2n) is 4.31. The lowest BCUT2D eigenvalue weighted by atomic mass is 10.2.